The third-order valence-electron chi connectivity index (χ3n) is 5.92. The van der Waals surface area contributed by atoms with Gasteiger partial charge < -0.3 is 9.64 Å². The van der Waals surface area contributed by atoms with E-state index in [2.05, 4.69) is 0 Å². The maximum atomic E-state index is 12.9. The summed E-state index contributed by atoms with van der Waals surface area (Å²) in [5, 5.41) is 0. The first-order chi connectivity index (χ1) is 14.1. The quantitative estimate of drug-likeness (QED) is 0.731. The van der Waals surface area contributed by atoms with Crippen molar-refractivity contribution in [2.24, 2.45) is 0 Å². The van der Waals surface area contributed by atoms with Crippen LogP contribution in [0.1, 0.15) is 27.8 Å². The van der Waals surface area contributed by atoms with E-state index in [4.69, 9.17) is 4.74 Å². The molecule has 7 heteroatoms. The zero-order valence-corrected chi connectivity index (χ0v) is 19.2. The molecule has 0 unspecified atom stereocenters. The van der Waals surface area contributed by atoms with Crippen LogP contribution in [0.15, 0.2) is 35.2 Å². The van der Waals surface area contributed by atoms with Crippen molar-refractivity contribution < 1.29 is 17.9 Å². The van der Waals surface area contributed by atoms with Crippen molar-refractivity contribution in [3.63, 3.8) is 0 Å². The number of aryl methyl sites for hydroxylation is 4. The molecule has 1 fully saturated rings. The Morgan fingerprint density at radius 3 is 2.10 bits per heavy atom. The fourth-order valence-electron chi connectivity index (χ4n) is 3.57. The molecule has 0 radical (unpaired) electrons. The Hall–Kier alpha value is -2.38. The number of sulfonamides is 1. The minimum atomic E-state index is -3.56. The Morgan fingerprint density at radius 1 is 0.867 bits per heavy atom. The van der Waals surface area contributed by atoms with Crippen LogP contribution in [-0.2, 0) is 14.8 Å². The monoisotopic (exact) mass is 430 g/mol. The standard InChI is InChI=1S/C23H30N2O4S/c1-16-8-9-21(14-19(16)4)30(27,28)25-12-10-24(11-13-25)22(26)15-29-23-18(3)7-6-17(2)20(23)5/h6-9,14H,10-13,15H2,1-5H3. The third kappa shape index (κ3) is 4.52. The van der Waals surface area contributed by atoms with E-state index in [1.807, 2.05) is 52.8 Å². The summed E-state index contributed by atoms with van der Waals surface area (Å²) in [6.45, 7) is 11.1. The molecule has 0 atom stereocenters. The summed E-state index contributed by atoms with van der Waals surface area (Å²) >= 11 is 0. The topological polar surface area (TPSA) is 66.9 Å². The second-order valence-corrected chi connectivity index (χ2v) is 9.91. The van der Waals surface area contributed by atoms with E-state index in [0.717, 1.165) is 33.6 Å². The van der Waals surface area contributed by atoms with Gasteiger partial charge in [-0.15, -0.1) is 0 Å². The van der Waals surface area contributed by atoms with Gasteiger partial charge in [0.15, 0.2) is 6.61 Å². The summed E-state index contributed by atoms with van der Waals surface area (Å²) < 4.78 is 33.2. The minimum absolute atomic E-state index is 0.0466. The molecule has 1 heterocycles. The highest BCUT2D eigenvalue weighted by Crippen LogP contribution is 2.26. The summed E-state index contributed by atoms with van der Waals surface area (Å²) in [5.74, 6) is 0.623. The van der Waals surface area contributed by atoms with Gasteiger partial charge in [0, 0.05) is 26.2 Å². The van der Waals surface area contributed by atoms with Crippen molar-refractivity contribution in [1.82, 2.24) is 9.21 Å². The van der Waals surface area contributed by atoms with Crippen LogP contribution in [0.4, 0.5) is 0 Å². The van der Waals surface area contributed by atoms with Crippen molar-refractivity contribution >= 4 is 15.9 Å². The average molecular weight is 431 g/mol. The highest BCUT2D eigenvalue weighted by atomic mass is 32.2. The second kappa shape index (κ2) is 8.78. The van der Waals surface area contributed by atoms with E-state index in [0.29, 0.717) is 18.0 Å². The number of rotatable bonds is 5. The fourth-order valence-corrected chi connectivity index (χ4v) is 5.08. The molecule has 1 aliphatic heterocycles. The highest BCUT2D eigenvalue weighted by molar-refractivity contribution is 7.89. The van der Waals surface area contributed by atoms with E-state index >= 15 is 0 Å². The summed E-state index contributed by atoms with van der Waals surface area (Å²) in [4.78, 5) is 14.6. The van der Waals surface area contributed by atoms with Gasteiger partial charge in [0.25, 0.3) is 5.91 Å². The van der Waals surface area contributed by atoms with Crippen LogP contribution in [-0.4, -0.2) is 56.3 Å². The number of hydrogen-bond acceptors (Lipinski definition) is 4. The largest absolute Gasteiger partial charge is 0.483 e. The Kier molecular flexibility index (Phi) is 6.53. The van der Waals surface area contributed by atoms with Gasteiger partial charge in [0.05, 0.1) is 4.90 Å². The number of nitrogens with zero attached hydrogens (tertiary/aromatic N) is 2. The van der Waals surface area contributed by atoms with E-state index in [9.17, 15) is 13.2 Å². The molecule has 0 aromatic heterocycles. The van der Waals surface area contributed by atoms with Crippen LogP contribution < -0.4 is 4.74 Å². The molecule has 162 valence electrons. The number of ether oxygens (including phenoxy) is 1. The molecule has 1 saturated heterocycles. The SMILES string of the molecule is Cc1ccc(S(=O)(=O)N2CCN(C(=O)COc3c(C)ccc(C)c3C)CC2)cc1C. The first-order valence-electron chi connectivity index (χ1n) is 10.2. The number of piperazine rings is 1. The first-order valence-corrected chi connectivity index (χ1v) is 11.6. The lowest BCUT2D eigenvalue weighted by molar-refractivity contribution is -0.134. The number of hydrogen-bond donors (Lipinski definition) is 0. The van der Waals surface area contributed by atoms with Crippen LogP contribution >= 0.6 is 0 Å². The highest BCUT2D eigenvalue weighted by Gasteiger charge is 2.30. The van der Waals surface area contributed by atoms with Crippen LogP contribution in [0.5, 0.6) is 5.75 Å². The van der Waals surface area contributed by atoms with E-state index in [1.165, 1.54) is 4.31 Å². The Bertz CT molecular complexity index is 1060. The molecule has 3 rings (SSSR count). The van der Waals surface area contributed by atoms with Gasteiger partial charge in [-0.25, -0.2) is 8.42 Å². The normalized spacial score (nSPS) is 15.3. The molecule has 0 spiro atoms. The van der Waals surface area contributed by atoms with Crippen molar-refractivity contribution in [2.45, 2.75) is 39.5 Å². The number of carbonyl (C=O) groups is 1. The number of benzene rings is 2. The van der Waals surface area contributed by atoms with Gasteiger partial charge in [-0.2, -0.15) is 4.31 Å². The van der Waals surface area contributed by atoms with Crippen LogP contribution in [0.25, 0.3) is 0 Å². The molecule has 0 aliphatic carbocycles. The molecule has 0 bridgehead atoms. The van der Waals surface area contributed by atoms with Crippen molar-refractivity contribution in [3.8, 4) is 5.75 Å². The summed E-state index contributed by atoms with van der Waals surface area (Å²) in [7, 11) is -3.56. The molecule has 0 N–H and O–H groups in total. The molecule has 0 saturated carbocycles. The van der Waals surface area contributed by atoms with Gasteiger partial charge in [0.2, 0.25) is 10.0 Å². The molecule has 30 heavy (non-hydrogen) atoms. The van der Waals surface area contributed by atoms with Gasteiger partial charge >= 0.3 is 0 Å². The predicted octanol–water partition coefficient (Wildman–Crippen LogP) is 3.14. The fraction of sp³-hybridized carbons (Fsp3) is 0.435. The molecule has 1 amide bonds. The Morgan fingerprint density at radius 2 is 1.47 bits per heavy atom. The molecule has 2 aromatic carbocycles. The maximum Gasteiger partial charge on any atom is 0.260 e. The van der Waals surface area contributed by atoms with E-state index < -0.39 is 10.0 Å². The lowest BCUT2D eigenvalue weighted by atomic mass is 10.1. The Balaban J connectivity index is 1.60. The first kappa shape index (κ1) is 22.3. The minimum Gasteiger partial charge on any atom is -0.483 e. The van der Waals surface area contributed by atoms with E-state index in [1.54, 1.807) is 17.0 Å². The van der Waals surface area contributed by atoms with Gasteiger partial charge in [-0.3, -0.25) is 4.79 Å². The van der Waals surface area contributed by atoms with Crippen molar-refractivity contribution in [2.75, 3.05) is 32.8 Å². The molecule has 6 nitrogen and oxygen atoms in total. The maximum absolute atomic E-state index is 12.9. The zero-order chi connectivity index (χ0) is 22.1. The van der Waals surface area contributed by atoms with Crippen molar-refractivity contribution in [1.29, 1.82) is 0 Å². The summed E-state index contributed by atoms with van der Waals surface area (Å²) in [5.41, 5.74) is 5.16. The van der Waals surface area contributed by atoms with Crippen LogP contribution in [0.2, 0.25) is 0 Å². The number of carbonyl (C=O) groups excluding carboxylic acids is 1. The predicted molar refractivity (Wildman–Crippen MR) is 117 cm³/mol. The smallest absolute Gasteiger partial charge is 0.260 e. The number of amides is 1. The van der Waals surface area contributed by atoms with E-state index in [-0.39, 0.29) is 25.6 Å². The molecular formula is C23H30N2O4S. The zero-order valence-electron chi connectivity index (χ0n) is 18.4. The molecule has 2 aromatic rings. The molecule has 1 aliphatic rings. The lowest BCUT2D eigenvalue weighted by Gasteiger charge is -2.34. The van der Waals surface area contributed by atoms with Gasteiger partial charge in [0.1, 0.15) is 5.75 Å². The van der Waals surface area contributed by atoms with Gasteiger partial charge in [-0.1, -0.05) is 18.2 Å². The van der Waals surface area contributed by atoms with Crippen LogP contribution in [0, 0.1) is 34.6 Å². The van der Waals surface area contributed by atoms with Gasteiger partial charge in [-0.05, 0) is 74.6 Å². The molecular weight excluding hydrogens is 400 g/mol. The Labute approximate surface area is 179 Å². The average Bonchev–Trinajstić information content (AvgIpc) is 2.72. The lowest BCUT2D eigenvalue weighted by Crippen LogP contribution is -2.51. The third-order valence-corrected chi connectivity index (χ3v) is 7.82. The summed E-state index contributed by atoms with van der Waals surface area (Å²) in [6.07, 6.45) is 0. The summed E-state index contributed by atoms with van der Waals surface area (Å²) in [6, 6.07) is 9.21. The van der Waals surface area contributed by atoms with Crippen molar-refractivity contribution in [3.05, 3.63) is 58.1 Å². The second-order valence-electron chi connectivity index (χ2n) is 7.97. The van der Waals surface area contributed by atoms with Crippen LogP contribution in [0.3, 0.4) is 0 Å².